The standard InChI is InChI=1S/C14H22N2O4S/c1-4-16(5-2)10-11(3)15-21(19,20)13-8-6-7-12(9-13)14(17)18/h6-9,11,15H,4-5,10H2,1-3H3,(H,17,18). The SMILES string of the molecule is CCN(CC)CC(C)NS(=O)(=O)c1cccc(C(=O)O)c1. The van der Waals surface area contributed by atoms with Crippen LogP contribution in [0, 0.1) is 0 Å². The highest BCUT2D eigenvalue weighted by atomic mass is 32.2. The van der Waals surface area contributed by atoms with Gasteiger partial charge in [-0.2, -0.15) is 0 Å². The number of hydrogen-bond donors (Lipinski definition) is 2. The number of carboxylic acid groups (broad SMARTS) is 1. The van der Waals surface area contributed by atoms with Gasteiger partial charge in [0.15, 0.2) is 0 Å². The summed E-state index contributed by atoms with van der Waals surface area (Å²) in [6, 6.07) is 5.07. The largest absolute Gasteiger partial charge is 0.478 e. The van der Waals surface area contributed by atoms with Gasteiger partial charge in [0.25, 0.3) is 0 Å². The van der Waals surface area contributed by atoms with Crippen LogP contribution in [0.25, 0.3) is 0 Å². The molecule has 0 aliphatic heterocycles. The molecule has 0 saturated carbocycles. The van der Waals surface area contributed by atoms with E-state index in [-0.39, 0.29) is 16.5 Å². The van der Waals surface area contributed by atoms with Gasteiger partial charge in [0.1, 0.15) is 0 Å². The number of sulfonamides is 1. The zero-order valence-corrected chi connectivity index (χ0v) is 13.4. The molecule has 118 valence electrons. The monoisotopic (exact) mass is 314 g/mol. The summed E-state index contributed by atoms with van der Waals surface area (Å²) in [5, 5.41) is 8.92. The molecule has 0 amide bonds. The first-order valence-electron chi connectivity index (χ1n) is 6.88. The molecule has 0 bridgehead atoms. The molecule has 0 heterocycles. The van der Waals surface area contributed by atoms with Crippen LogP contribution in [0.1, 0.15) is 31.1 Å². The molecule has 1 rings (SSSR count). The molecule has 1 aromatic rings. The Kier molecular flexibility index (Phi) is 6.32. The zero-order chi connectivity index (χ0) is 16.0. The molecule has 6 nitrogen and oxygen atoms in total. The average Bonchev–Trinajstić information content (AvgIpc) is 2.44. The maximum absolute atomic E-state index is 12.3. The van der Waals surface area contributed by atoms with E-state index in [0.29, 0.717) is 6.54 Å². The molecule has 0 spiro atoms. The molecule has 1 atom stereocenters. The van der Waals surface area contributed by atoms with Crippen LogP contribution in [-0.2, 0) is 10.0 Å². The van der Waals surface area contributed by atoms with E-state index in [4.69, 9.17) is 5.11 Å². The van der Waals surface area contributed by atoms with Crippen LogP contribution in [-0.4, -0.2) is 50.1 Å². The van der Waals surface area contributed by atoms with Gasteiger partial charge in [-0.3, -0.25) is 0 Å². The highest BCUT2D eigenvalue weighted by Gasteiger charge is 2.19. The molecule has 0 saturated heterocycles. The first-order chi connectivity index (χ1) is 9.80. The Morgan fingerprint density at radius 3 is 2.48 bits per heavy atom. The molecule has 1 aromatic carbocycles. The van der Waals surface area contributed by atoms with Crippen molar-refractivity contribution in [1.29, 1.82) is 0 Å². The van der Waals surface area contributed by atoms with Crippen LogP contribution < -0.4 is 4.72 Å². The van der Waals surface area contributed by atoms with E-state index in [1.807, 2.05) is 13.8 Å². The third-order valence-electron chi connectivity index (χ3n) is 3.17. The molecule has 0 fully saturated rings. The molecular formula is C14H22N2O4S. The zero-order valence-electron chi connectivity index (χ0n) is 12.5. The second-order valence-electron chi connectivity index (χ2n) is 4.84. The molecule has 0 aliphatic carbocycles. The van der Waals surface area contributed by atoms with Crippen LogP contribution in [0.3, 0.4) is 0 Å². The van der Waals surface area contributed by atoms with Gasteiger partial charge in [-0.1, -0.05) is 19.9 Å². The van der Waals surface area contributed by atoms with Crippen LogP contribution in [0.5, 0.6) is 0 Å². The lowest BCUT2D eigenvalue weighted by Gasteiger charge is -2.23. The van der Waals surface area contributed by atoms with Crippen molar-refractivity contribution in [3.63, 3.8) is 0 Å². The van der Waals surface area contributed by atoms with E-state index >= 15 is 0 Å². The lowest BCUT2D eigenvalue weighted by molar-refractivity contribution is 0.0696. The minimum Gasteiger partial charge on any atom is -0.478 e. The number of nitrogens with zero attached hydrogens (tertiary/aromatic N) is 1. The van der Waals surface area contributed by atoms with E-state index in [9.17, 15) is 13.2 Å². The summed E-state index contributed by atoms with van der Waals surface area (Å²) in [6.07, 6.45) is 0. The minimum atomic E-state index is -3.72. The van der Waals surface area contributed by atoms with Crippen molar-refractivity contribution in [2.75, 3.05) is 19.6 Å². The van der Waals surface area contributed by atoms with Gasteiger partial charge in [-0.05, 0) is 38.2 Å². The number of likely N-dealkylation sites (N-methyl/N-ethyl adjacent to an activating group) is 1. The number of nitrogens with one attached hydrogen (secondary N) is 1. The maximum Gasteiger partial charge on any atom is 0.335 e. The van der Waals surface area contributed by atoms with Crippen molar-refractivity contribution in [3.8, 4) is 0 Å². The summed E-state index contributed by atoms with van der Waals surface area (Å²) < 4.78 is 27.1. The van der Waals surface area contributed by atoms with Gasteiger partial charge in [0, 0.05) is 12.6 Å². The number of rotatable bonds is 8. The van der Waals surface area contributed by atoms with Crippen LogP contribution in [0.2, 0.25) is 0 Å². The smallest absolute Gasteiger partial charge is 0.335 e. The second-order valence-corrected chi connectivity index (χ2v) is 6.56. The molecular weight excluding hydrogens is 292 g/mol. The normalized spacial score (nSPS) is 13.3. The summed E-state index contributed by atoms with van der Waals surface area (Å²) in [7, 11) is -3.72. The first-order valence-corrected chi connectivity index (χ1v) is 8.36. The van der Waals surface area contributed by atoms with Crippen molar-refractivity contribution >= 4 is 16.0 Å². The Balaban J connectivity index is 2.86. The van der Waals surface area contributed by atoms with Gasteiger partial charge < -0.3 is 10.0 Å². The lowest BCUT2D eigenvalue weighted by atomic mass is 10.2. The molecule has 1 unspecified atom stereocenters. The van der Waals surface area contributed by atoms with E-state index in [0.717, 1.165) is 19.2 Å². The maximum atomic E-state index is 12.3. The van der Waals surface area contributed by atoms with Crippen LogP contribution >= 0.6 is 0 Å². The number of aromatic carboxylic acids is 1. The van der Waals surface area contributed by atoms with Crippen LogP contribution in [0.4, 0.5) is 0 Å². The van der Waals surface area contributed by atoms with Gasteiger partial charge in [-0.15, -0.1) is 0 Å². The van der Waals surface area contributed by atoms with E-state index in [1.54, 1.807) is 6.92 Å². The fourth-order valence-corrected chi connectivity index (χ4v) is 3.32. The molecule has 2 N–H and O–H groups in total. The minimum absolute atomic E-state index is 0.0335. The highest BCUT2D eigenvalue weighted by molar-refractivity contribution is 7.89. The van der Waals surface area contributed by atoms with Gasteiger partial charge in [0.05, 0.1) is 10.5 Å². The summed E-state index contributed by atoms with van der Waals surface area (Å²) in [4.78, 5) is 13.0. The highest BCUT2D eigenvalue weighted by Crippen LogP contribution is 2.12. The number of carbonyl (C=O) groups is 1. The van der Waals surface area contributed by atoms with E-state index in [1.165, 1.54) is 18.2 Å². The third-order valence-corrected chi connectivity index (χ3v) is 4.76. The summed E-state index contributed by atoms with van der Waals surface area (Å²) >= 11 is 0. The van der Waals surface area contributed by atoms with Crippen molar-refractivity contribution in [1.82, 2.24) is 9.62 Å². The van der Waals surface area contributed by atoms with Crippen molar-refractivity contribution in [2.24, 2.45) is 0 Å². The lowest BCUT2D eigenvalue weighted by Crippen LogP contribution is -2.41. The summed E-state index contributed by atoms with van der Waals surface area (Å²) in [6.45, 7) is 8.11. The van der Waals surface area contributed by atoms with Gasteiger partial charge >= 0.3 is 5.97 Å². The molecule has 0 radical (unpaired) electrons. The Morgan fingerprint density at radius 1 is 1.33 bits per heavy atom. The Hall–Kier alpha value is -1.44. The Bertz CT molecular complexity index is 582. The molecule has 7 heteroatoms. The fraction of sp³-hybridized carbons (Fsp3) is 0.500. The van der Waals surface area contributed by atoms with Crippen LogP contribution in [0.15, 0.2) is 29.2 Å². The number of hydrogen-bond acceptors (Lipinski definition) is 4. The Morgan fingerprint density at radius 2 is 1.95 bits per heavy atom. The van der Waals surface area contributed by atoms with Crippen molar-refractivity contribution < 1.29 is 18.3 Å². The quantitative estimate of drug-likeness (QED) is 0.757. The van der Waals surface area contributed by atoms with Gasteiger partial charge in [0.2, 0.25) is 10.0 Å². The summed E-state index contributed by atoms with van der Waals surface area (Å²) in [5.74, 6) is -1.15. The molecule has 0 aromatic heterocycles. The third kappa shape index (κ3) is 5.11. The van der Waals surface area contributed by atoms with E-state index < -0.39 is 16.0 Å². The van der Waals surface area contributed by atoms with Gasteiger partial charge in [-0.25, -0.2) is 17.9 Å². The first kappa shape index (κ1) is 17.6. The van der Waals surface area contributed by atoms with Crippen molar-refractivity contribution in [3.05, 3.63) is 29.8 Å². The predicted octanol–water partition coefficient (Wildman–Crippen LogP) is 1.39. The molecule has 21 heavy (non-hydrogen) atoms. The topological polar surface area (TPSA) is 86.7 Å². The average molecular weight is 314 g/mol. The second kappa shape index (κ2) is 7.53. The number of benzene rings is 1. The molecule has 0 aliphatic rings. The number of carboxylic acids is 1. The van der Waals surface area contributed by atoms with Crippen molar-refractivity contribution in [2.45, 2.75) is 31.7 Å². The summed E-state index contributed by atoms with van der Waals surface area (Å²) in [5.41, 5.74) is -0.0470. The fourth-order valence-electron chi connectivity index (χ4n) is 2.04. The predicted molar refractivity (Wildman–Crippen MR) is 81.0 cm³/mol. The Labute approximate surface area is 125 Å². The van der Waals surface area contributed by atoms with E-state index in [2.05, 4.69) is 9.62 Å².